The number of terminal acetylenes is 1. The van der Waals surface area contributed by atoms with Crippen LogP contribution in [0.1, 0.15) is 13.3 Å². The predicted octanol–water partition coefficient (Wildman–Crippen LogP) is 2.73. The standard InChI is InChI=1S/C14H17Cl2NO2/c1-3-10(4-2)17-8-11(18)9-19-12-5-6-13(15)14(16)7-12/h1,5-7,10-11,17-18H,4,8-9H2,2H3. The second kappa shape index (κ2) is 8.29. The van der Waals surface area contributed by atoms with Gasteiger partial charge in [-0.15, -0.1) is 6.42 Å². The number of benzene rings is 1. The number of aliphatic hydroxyl groups is 1. The molecule has 2 atom stereocenters. The Bertz CT molecular complexity index is 446. The van der Waals surface area contributed by atoms with E-state index in [1.165, 1.54) is 0 Å². The van der Waals surface area contributed by atoms with E-state index < -0.39 is 6.10 Å². The highest BCUT2D eigenvalue weighted by Gasteiger charge is 2.08. The van der Waals surface area contributed by atoms with Gasteiger partial charge in [-0.2, -0.15) is 0 Å². The SMILES string of the molecule is C#CC(CC)NCC(O)COc1ccc(Cl)c(Cl)c1. The van der Waals surface area contributed by atoms with Gasteiger partial charge in [0.1, 0.15) is 18.5 Å². The molecule has 0 radical (unpaired) electrons. The number of rotatable bonds is 7. The molecular weight excluding hydrogens is 285 g/mol. The molecule has 1 aromatic carbocycles. The zero-order valence-corrected chi connectivity index (χ0v) is 12.2. The van der Waals surface area contributed by atoms with Crippen molar-refractivity contribution in [3.63, 3.8) is 0 Å². The van der Waals surface area contributed by atoms with Crippen LogP contribution in [0.3, 0.4) is 0 Å². The Morgan fingerprint density at radius 1 is 1.42 bits per heavy atom. The molecule has 0 saturated heterocycles. The highest BCUT2D eigenvalue weighted by molar-refractivity contribution is 6.42. The van der Waals surface area contributed by atoms with Gasteiger partial charge in [0.2, 0.25) is 0 Å². The van der Waals surface area contributed by atoms with Crippen molar-refractivity contribution in [2.75, 3.05) is 13.2 Å². The zero-order valence-electron chi connectivity index (χ0n) is 10.7. The van der Waals surface area contributed by atoms with Crippen molar-refractivity contribution in [1.29, 1.82) is 0 Å². The van der Waals surface area contributed by atoms with Gasteiger partial charge in [0.05, 0.1) is 16.1 Å². The first-order valence-corrected chi connectivity index (χ1v) is 6.77. The monoisotopic (exact) mass is 301 g/mol. The van der Waals surface area contributed by atoms with Crippen LogP contribution in [0.15, 0.2) is 18.2 Å². The molecule has 0 bridgehead atoms. The summed E-state index contributed by atoms with van der Waals surface area (Å²) >= 11 is 11.7. The molecule has 5 heteroatoms. The maximum Gasteiger partial charge on any atom is 0.121 e. The Morgan fingerprint density at radius 2 is 2.16 bits per heavy atom. The predicted molar refractivity (Wildman–Crippen MR) is 78.9 cm³/mol. The molecule has 1 aromatic rings. The third kappa shape index (κ3) is 5.71. The number of hydrogen-bond donors (Lipinski definition) is 2. The summed E-state index contributed by atoms with van der Waals surface area (Å²) in [5, 5.41) is 13.7. The summed E-state index contributed by atoms with van der Waals surface area (Å²) < 4.78 is 5.42. The first-order chi connectivity index (χ1) is 9.06. The Labute approximate surface area is 123 Å². The first-order valence-electron chi connectivity index (χ1n) is 6.02. The third-order valence-electron chi connectivity index (χ3n) is 2.54. The van der Waals surface area contributed by atoms with Crippen LogP contribution in [0.25, 0.3) is 0 Å². The number of hydrogen-bond acceptors (Lipinski definition) is 3. The molecule has 0 fully saturated rings. The van der Waals surface area contributed by atoms with E-state index in [1.54, 1.807) is 18.2 Å². The fraction of sp³-hybridized carbons (Fsp3) is 0.429. The van der Waals surface area contributed by atoms with Gasteiger partial charge in [-0.05, 0) is 18.6 Å². The Hall–Kier alpha value is -0.920. The Morgan fingerprint density at radius 3 is 2.74 bits per heavy atom. The molecule has 1 rings (SSSR count). The molecule has 2 unspecified atom stereocenters. The van der Waals surface area contributed by atoms with E-state index in [-0.39, 0.29) is 12.6 Å². The molecule has 0 saturated carbocycles. The summed E-state index contributed by atoms with van der Waals surface area (Å²) in [4.78, 5) is 0. The van der Waals surface area contributed by atoms with Gasteiger partial charge in [0.25, 0.3) is 0 Å². The van der Waals surface area contributed by atoms with Gasteiger partial charge in [0, 0.05) is 12.6 Å². The van der Waals surface area contributed by atoms with Crippen LogP contribution < -0.4 is 10.1 Å². The lowest BCUT2D eigenvalue weighted by atomic mass is 10.2. The lowest BCUT2D eigenvalue weighted by Crippen LogP contribution is -2.37. The molecule has 0 amide bonds. The molecule has 0 aliphatic carbocycles. The highest BCUT2D eigenvalue weighted by atomic mass is 35.5. The van der Waals surface area contributed by atoms with E-state index in [0.29, 0.717) is 22.3 Å². The van der Waals surface area contributed by atoms with Gasteiger partial charge in [0.15, 0.2) is 0 Å². The van der Waals surface area contributed by atoms with Crippen molar-refractivity contribution in [1.82, 2.24) is 5.32 Å². The summed E-state index contributed by atoms with van der Waals surface area (Å²) in [7, 11) is 0. The van der Waals surface area contributed by atoms with Crippen LogP contribution in [0.2, 0.25) is 10.0 Å². The fourth-order valence-corrected chi connectivity index (χ4v) is 1.71. The third-order valence-corrected chi connectivity index (χ3v) is 3.28. The molecule has 0 aliphatic heterocycles. The van der Waals surface area contributed by atoms with Crippen LogP contribution in [-0.2, 0) is 0 Å². The quantitative estimate of drug-likeness (QED) is 0.761. The number of aliphatic hydroxyl groups excluding tert-OH is 1. The maximum atomic E-state index is 9.76. The maximum absolute atomic E-state index is 9.76. The van der Waals surface area contributed by atoms with E-state index >= 15 is 0 Å². The van der Waals surface area contributed by atoms with Gasteiger partial charge in [-0.25, -0.2) is 0 Å². The van der Waals surface area contributed by atoms with Gasteiger partial charge in [-0.1, -0.05) is 36.0 Å². The molecule has 0 spiro atoms. The van der Waals surface area contributed by atoms with Crippen molar-refractivity contribution < 1.29 is 9.84 Å². The van der Waals surface area contributed by atoms with E-state index in [2.05, 4.69) is 11.2 Å². The average Bonchev–Trinajstić information content (AvgIpc) is 2.41. The van der Waals surface area contributed by atoms with E-state index in [1.807, 2.05) is 6.92 Å². The zero-order chi connectivity index (χ0) is 14.3. The number of halogens is 2. The Balaban J connectivity index is 2.35. The van der Waals surface area contributed by atoms with Crippen LogP contribution in [-0.4, -0.2) is 30.4 Å². The summed E-state index contributed by atoms with van der Waals surface area (Å²) in [5.41, 5.74) is 0. The van der Waals surface area contributed by atoms with Crippen molar-refractivity contribution in [2.45, 2.75) is 25.5 Å². The number of ether oxygens (including phenoxy) is 1. The van der Waals surface area contributed by atoms with Crippen molar-refractivity contribution in [2.24, 2.45) is 0 Å². The minimum atomic E-state index is -0.642. The van der Waals surface area contributed by atoms with E-state index in [9.17, 15) is 5.11 Å². The largest absolute Gasteiger partial charge is 0.491 e. The van der Waals surface area contributed by atoms with Crippen LogP contribution >= 0.6 is 23.2 Å². The second-order valence-corrected chi connectivity index (χ2v) is 4.89. The number of nitrogens with one attached hydrogen (secondary N) is 1. The van der Waals surface area contributed by atoms with E-state index in [4.69, 9.17) is 34.4 Å². The van der Waals surface area contributed by atoms with Crippen molar-refractivity contribution in [3.8, 4) is 18.1 Å². The summed E-state index contributed by atoms with van der Waals surface area (Å²) in [6.45, 7) is 2.52. The second-order valence-electron chi connectivity index (χ2n) is 4.08. The highest BCUT2D eigenvalue weighted by Crippen LogP contribution is 2.26. The first kappa shape index (κ1) is 16.1. The molecule has 2 N–H and O–H groups in total. The average molecular weight is 302 g/mol. The smallest absolute Gasteiger partial charge is 0.121 e. The molecule has 19 heavy (non-hydrogen) atoms. The molecule has 0 heterocycles. The molecule has 3 nitrogen and oxygen atoms in total. The van der Waals surface area contributed by atoms with Crippen LogP contribution in [0.5, 0.6) is 5.75 Å². The summed E-state index contributed by atoms with van der Waals surface area (Å²) in [6, 6.07) is 4.93. The lowest BCUT2D eigenvalue weighted by molar-refractivity contribution is 0.105. The minimum absolute atomic E-state index is 0.0281. The topological polar surface area (TPSA) is 41.5 Å². The molecule has 0 aliphatic rings. The van der Waals surface area contributed by atoms with Crippen LogP contribution in [0.4, 0.5) is 0 Å². The molecular formula is C14H17Cl2NO2. The molecule has 0 aromatic heterocycles. The van der Waals surface area contributed by atoms with Crippen LogP contribution in [0, 0.1) is 12.3 Å². The van der Waals surface area contributed by atoms with Crippen molar-refractivity contribution >= 4 is 23.2 Å². The van der Waals surface area contributed by atoms with Gasteiger partial charge in [-0.3, -0.25) is 0 Å². The minimum Gasteiger partial charge on any atom is -0.491 e. The van der Waals surface area contributed by atoms with Gasteiger partial charge >= 0.3 is 0 Å². The normalized spacial score (nSPS) is 13.6. The van der Waals surface area contributed by atoms with Crippen molar-refractivity contribution in [3.05, 3.63) is 28.2 Å². The van der Waals surface area contributed by atoms with Gasteiger partial charge < -0.3 is 15.2 Å². The summed E-state index contributed by atoms with van der Waals surface area (Å²) in [6.07, 6.45) is 5.49. The summed E-state index contributed by atoms with van der Waals surface area (Å²) in [5.74, 6) is 3.17. The van der Waals surface area contributed by atoms with E-state index in [0.717, 1.165) is 6.42 Å². The molecule has 104 valence electrons. The Kier molecular flexibility index (Phi) is 7.04. The lowest BCUT2D eigenvalue weighted by Gasteiger charge is -2.16. The fourth-order valence-electron chi connectivity index (χ4n) is 1.42.